The molecule has 32 heavy (non-hydrogen) atoms. The van der Waals surface area contributed by atoms with Gasteiger partial charge in [0.05, 0.1) is 18.1 Å². The summed E-state index contributed by atoms with van der Waals surface area (Å²) in [5.74, 6) is 0.146. The molecule has 0 bridgehead atoms. The van der Waals surface area contributed by atoms with E-state index in [0.29, 0.717) is 17.7 Å². The van der Waals surface area contributed by atoms with Gasteiger partial charge in [0.1, 0.15) is 16.4 Å². The normalized spacial score (nSPS) is 11.3. The van der Waals surface area contributed by atoms with Crippen molar-refractivity contribution in [3.63, 3.8) is 0 Å². The maximum Gasteiger partial charge on any atom is 0.340 e. The SMILES string of the molecule is Cc1cc(OCCCON(C)C(=N)N)cc(OS(=O)(=O)c2ccccc2S(C)(=O)=O)c1.Cl. The fourth-order valence-electron chi connectivity index (χ4n) is 2.50. The number of hydrogen-bond acceptors (Lipinski definition) is 8. The highest BCUT2D eigenvalue weighted by molar-refractivity contribution is 7.92. The van der Waals surface area contributed by atoms with Crippen molar-refractivity contribution < 1.29 is 30.6 Å². The molecule has 0 saturated heterocycles. The minimum Gasteiger partial charge on any atom is -0.493 e. The number of hydrogen-bond donors (Lipinski definition) is 2. The summed E-state index contributed by atoms with van der Waals surface area (Å²) in [5, 5.41) is 8.32. The summed E-state index contributed by atoms with van der Waals surface area (Å²) in [6.45, 7) is 2.27. The van der Waals surface area contributed by atoms with Gasteiger partial charge >= 0.3 is 10.1 Å². The molecule has 2 aromatic carbocycles. The Morgan fingerprint density at radius 3 is 2.22 bits per heavy atom. The van der Waals surface area contributed by atoms with Gasteiger partial charge in [-0.1, -0.05) is 12.1 Å². The van der Waals surface area contributed by atoms with Crippen molar-refractivity contribution in [2.24, 2.45) is 5.73 Å². The van der Waals surface area contributed by atoms with Gasteiger partial charge in [0.2, 0.25) is 5.96 Å². The first-order chi connectivity index (χ1) is 14.4. The Kier molecular flexibility index (Phi) is 9.76. The molecule has 13 heteroatoms. The molecule has 0 heterocycles. The van der Waals surface area contributed by atoms with Crippen LogP contribution in [0.25, 0.3) is 0 Å². The van der Waals surface area contributed by atoms with E-state index in [1.807, 2.05) is 0 Å². The molecule has 10 nitrogen and oxygen atoms in total. The fraction of sp³-hybridized carbons (Fsp3) is 0.316. The van der Waals surface area contributed by atoms with E-state index in [2.05, 4.69) is 0 Å². The molecule has 0 aliphatic carbocycles. The number of nitrogens with one attached hydrogen (secondary N) is 1. The van der Waals surface area contributed by atoms with E-state index >= 15 is 0 Å². The topological polar surface area (TPSA) is 149 Å². The van der Waals surface area contributed by atoms with E-state index in [-0.39, 0.29) is 42.2 Å². The highest BCUT2D eigenvalue weighted by Crippen LogP contribution is 2.28. The Balaban J connectivity index is 0.00000512. The third kappa shape index (κ3) is 7.86. The third-order valence-corrected chi connectivity index (χ3v) is 6.52. The van der Waals surface area contributed by atoms with E-state index in [9.17, 15) is 16.8 Å². The van der Waals surface area contributed by atoms with Gasteiger partial charge in [-0.2, -0.15) is 8.42 Å². The van der Waals surface area contributed by atoms with Crippen LogP contribution in [0, 0.1) is 12.3 Å². The zero-order valence-electron chi connectivity index (χ0n) is 17.8. The molecule has 0 atom stereocenters. The molecule has 0 amide bonds. The molecular formula is C19H26ClN3O7S2. The lowest BCUT2D eigenvalue weighted by molar-refractivity contribution is -0.0842. The van der Waals surface area contributed by atoms with E-state index in [0.717, 1.165) is 11.3 Å². The monoisotopic (exact) mass is 507 g/mol. The fourth-order valence-corrected chi connectivity index (χ4v) is 5.02. The Bertz CT molecular complexity index is 1160. The zero-order chi connectivity index (χ0) is 23.2. The van der Waals surface area contributed by atoms with Gasteiger partial charge in [0.15, 0.2) is 9.84 Å². The lowest BCUT2D eigenvalue weighted by Gasteiger charge is -2.16. The second kappa shape index (κ2) is 11.4. The van der Waals surface area contributed by atoms with Crippen molar-refractivity contribution >= 4 is 38.3 Å². The largest absolute Gasteiger partial charge is 0.493 e. The van der Waals surface area contributed by atoms with Crippen LogP contribution in [0.15, 0.2) is 52.3 Å². The second-order valence-corrected chi connectivity index (χ2v) is 10.2. The quantitative estimate of drug-likeness (QED) is 0.162. The minimum atomic E-state index is -4.40. The molecule has 0 saturated carbocycles. The maximum atomic E-state index is 12.7. The summed E-state index contributed by atoms with van der Waals surface area (Å²) in [6, 6.07) is 9.84. The maximum absolute atomic E-state index is 12.7. The van der Waals surface area contributed by atoms with E-state index < -0.39 is 24.9 Å². The highest BCUT2D eigenvalue weighted by atomic mass is 35.5. The number of hydroxylamine groups is 2. The number of nitrogens with zero attached hydrogens (tertiary/aromatic N) is 1. The third-order valence-electron chi connectivity index (χ3n) is 3.93. The molecule has 0 unspecified atom stereocenters. The molecule has 0 aliphatic heterocycles. The molecule has 0 radical (unpaired) electrons. The highest BCUT2D eigenvalue weighted by Gasteiger charge is 2.25. The van der Waals surface area contributed by atoms with Crippen LogP contribution in [0.3, 0.4) is 0 Å². The van der Waals surface area contributed by atoms with E-state index in [1.54, 1.807) is 13.0 Å². The summed E-state index contributed by atoms with van der Waals surface area (Å²) in [5.41, 5.74) is 5.94. The van der Waals surface area contributed by atoms with Crippen molar-refractivity contribution in [1.29, 1.82) is 5.41 Å². The summed E-state index contributed by atoms with van der Waals surface area (Å²) in [4.78, 5) is 4.42. The zero-order valence-corrected chi connectivity index (χ0v) is 20.2. The summed E-state index contributed by atoms with van der Waals surface area (Å²) < 4.78 is 60.2. The molecule has 2 rings (SSSR count). The molecule has 0 fully saturated rings. The average Bonchev–Trinajstić information content (AvgIpc) is 2.66. The Morgan fingerprint density at radius 1 is 1.03 bits per heavy atom. The van der Waals surface area contributed by atoms with Gasteiger partial charge in [-0.05, 0) is 36.8 Å². The summed E-state index contributed by atoms with van der Waals surface area (Å²) in [6.07, 6.45) is 1.42. The number of aryl methyl sites for hydroxylation is 1. The van der Waals surface area contributed by atoms with Crippen LogP contribution in [0.1, 0.15) is 12.0 Å². The van der Waals surface area contributed by atoms with Gasteiger partial charge in [-0.3, -0.25) is 10.2 Å². The number of nitrogens with two attached hydrogens (primary N) is 1. The van der Waals surface area contributed by atoms with Gasteiger partial charge in [-0.25, -0.2) is 13.5 Å². The summed E-state index contributed by atoms with van der Waals surface area (Å²) in [7, 11) is -6.66. The molecule has 0 spiro atoms. The van der Waals surface area contributed by atoms with Crippen LogP contribution in [0.5, 0.6) is 11.5 Å². The molecule has 178 valence electrons. The lowest BCUT2D eigenvalue weighted by Crippen LogP contribution is -2.33. The van der Waals surface area contributed by atoms with Crippen molar-refractivity contribution in [3.8, 4) is 11.5 Å². The van der Waals surface area contributed by atoms with Crippen molar-refractivity contribution in [3.05, 3.63) is 48.0 Å². The Morgan fingerprint density at radius 2 is 1.62 bits per heavy atom. The minimum absolute atomic E-state index is 0. The van der Waals surface area contributed by atoms with Crippen LogP contribution in [-0.2, 0) is 24.8 Å². The van der Waals surface area contributed by atoms with Crippen LogP contribution in [0.4, 0.5) is 0 Å². The Labute approximate surface area is 194 Å². The van der Waals surface area contributed by atoms with Crippen molar-refractivity contribution in [2.75, 3.05) is 26.5 Å². The number of sulfone groups is 1. The number of ether oxygens (including phenoxy) is 1. The number of benzene rings is 2. The van der Waals surface area contributed by atoms with Gasteiger partial charge in [0, 0.05) is 25.8 Å². The first-order valence-electron chi connectivity index (χ1n) is 9.09. The summed E-state index contributed by atoms with van der Waals surface area (Å²) >= 11 is 0. The smallest absolute Gasteiger partial charge is 0.340 e. The van der Waals surface area contributed by atoms with Gasteiger partial charge < -0.3 is 14.7 Å². The van der Waals surface area contributed by atoms with E-state index in [1.165, 1.54) is 43.4 Å². The lowest BCUT2D eigenvalue weighted by atomic mass is 10.2. The predicted octanol–water partition coefficient (Wildman–Crippen LogP) is 2.11. The number of rotatable bonds is 10. The van der Waals surface area contributed by atoms with Crippen molar-refractivity contribution in [2.45, 2.75) is 23.1 Å². The molecular weight excluding hydrogens is 482 g/mol. The molecule has 0 aliphatic rings. The Hall–Kier alpha value is -2.54. The number of guanidine groups is 1. The van der Waals surface area contributed by atoms with Crippen LogP contribution in [-0.4, -0.2) is 54.4 Å². The number of halogens is 1. The van der Waals surface area contributed by atoms with Crippen molar-refractivity contribution in [1.82, 2.24) is 5.06 Å². The first-order valence-corrected chi connectivity index (χ1v) is 12.4. The van der Waals surface area contributed by atoms with Crippen LogP contribution in [0.2, 0.25) is 0 Å². The first kappa shape index (κ1) is 27.5. The van der Waals surface area contributed by atoms with Crippen LogP contribution < -0.4 is 14.7 Å². The average molecular weight is 508 g/mol. The van der Waals surface area contributed by atoms with Crippen LogP contribution >= 0.6 is 12.4 Å². The predicted molar refractivity (Wildman–Crippen MR) is 122 cm³/mol. The van der Waals surface area contributed by atoms with Gasteiger partial charge in [-0.15, -0.1) is 12.4 Å². The molecule has 0 aromatic heterocycles. The van der Waals surface area contributed by atoms with E-state index in [4.69, 9.17) is 24.9 Å². The molecule has 2 aromatic rings. The standard InChI is InChI=1S/C19H25N3O7S2.ClH/c1-14-11-15(27-9-6-10-28-22(2)19(20)21)13-16(12-14)29-31(25,26)18-8-5-4-7-17(18)30(3,23)24;/h4-5,7-8,11-13H,6,9-10H2,1-3H3,(H3,20,21);1H. The molecule has 3 N–H and O–H groups in total. The van der Waals surface area contributed by atoms with Gasteiger partial charge in [0.25, 0.3) is 0 Å². The second-order valence-electron chi connectivity index (χ2n) is 6.66.